The van der Waals surface area contributed by atoms with Crippen molar-refractivity contribution in [3.8, 4) is 5.75 Å². The van der Waals surface area contributed by atoms with Crippen molar-refractivity contribution < 1.29 is 5.11 Å². The molecule has 1 rings (SSSR count). The maximum absolute atomic E-state index is 9.35. The zero-order chi connectivity index (χ0) is 12.1. The second kappa shape index (κ2) is 5.75. The summed E-state index contributed by atoms with van der Waals surface area (Å²) in [6, 6.07) is 5.96. The highest BCUT2D eigenvalue weighted by atomic mass is 16.3. The molecule has 0 saturated carbocycles. The first-order valence-electron chi connectivity index (χ1n) is 5.86. The molecule has 0 saturated heterocycles. The number of nitrogens with zero attached hydrogens (tertiary/aromatic N) is 1. The molecule has 0 aliphatic heterocycles. The molecule has 0 aliphatic carbocycles. The van der Waals surface area contributed by atoms with Crippen LogP contribution in [0.5, 0.6) is 5.75 Å². The molecular weight excluding hydrogens is 200 g/mol. The third-order valence-corrected chi connectivity index (χ3v) is 2.72. The number of phenols is 1. The standard InChI is InChI=1S/C13H22N2O/c1-4-7-15(10(2)3)9-11-5-6-13(16)12(14)8-11/h5-6,8,10,16H,4,7,9,14H2,1-3H3. The molecule has 16 heavy (non-hydrogen) atoms. The van der Waals surface area contributed by atoms with E-state index in [1.54, 1.807) is 6.07 Å². The molecule has 0 radical (unpaired) electrons. The molecule has 0 unspecified atom stereocenters. The molecule has 1 aromatic carbocycles. The number of nitrogens with two attached hydrogens (primary N) is 1. The summed E-state index contributed by atoms with van der Waals surface area (Å²) in [7, 11) is 0. The van der Waals surface area contributed by atoms with E-state index < -0.39 is 0 Å². The quantitative estimate of drug-likeness (QED) is 0.594. The lowest BCUT2D eigenvalue weighted by Crippen LogP contribution is -2.31. The first-order valence-corrected chi connectivity index (χ1v) is 5.86. The zero-order valence-corrected chi connectivity index (χ0v) is 10.4. The Kier molecular flexibility index (Phi) is 4.62. The first-order chi connectivity index (χ1) is 7.54. The Morgan fingerprint density at radius 3 is 2.56 bits per heavy atom. The van der Waals surface area contributed by atoms with Gasteiger partial charge < -0.3 is 10.8 Å². The van der Waals surface area contributed by atoms with E-state index in [0.29, 0.717) is 11.7 Å². The Bertz CT molecular complexity index is 337. The van der Waals surface area contributed by atoms with Gasteiger partial charge in [0.25, 0.3) is 0 Å². The van der Waals surface area contributed by atoms with E-state index in [9.17, 15) is 5.11 Å². The molecule has 0 bridgehead atoms. The molecule has 0 atom stereocenters. The number of benzene rings is 1. The van der Waals surface area contributed by atoms with Crippen molar-refractivity contribution in [1.82, 2.24) is 4.90 Å². The van der Waals surface area contributed by atoms with Gasteiger partial charge in [0.2, 0.25) is 0 Å². The largest absolute Gasteiger partial charge is 0.506 e. The molecule has 3 N–H and O–H groups in total. The number of hydrogen-bond donors (Lipinski definition) is 2. The number of aromatic hydroxyl groups is 1. The maximum Gasteiger partial charge on any atom is 0.138 e. The van der Waals surface area contributed by atoms with Crippen molar-refractivity contribution in [2.24, 2.45) is 0 Å². The minimum atomic E-state index is 0.162. The van der Waals surface area contributed by atoms with Crippen molar-refractivity contribution >= 4 is 5.69 Å². The van der Waals surface area contributed by atoms with E-state index in [1.807, 2.05) is 12.1 Å². The monoisotopic (exact) mass is 222 g/mol. The highest BCUT2D eigenvalue weighted by Crippen LogP contribution is 2.21. The van der Waals surface area contributed by atoms with Crippen LogP contribution in [0.2, 0.25) is 0 Å². The lowest BCUT2D eigenvalue weighted by Gasteiger charge is -2.26. The minimum absolute atomic E-state index is 0.162. The van der Waals surface area contributed by atoms with Crippen LogP contribution in [0.15, 0.2) is 18.2 Å². The lowest BCUT2D eigenvalue weighted by atomic mass is 10.1. The van der Waals surface area contributed by atoms with E-state index in [4.69, 9.17) is 5.73 Å². The van der Waals surface area contributed by atoms with Gasteiger partial charge in [-0.1, -0.05) is 13.0 Å². The summed E-state index contributed by atoms with van der Waals surface area (Å²) in [4.78, 5) is 2.39. The van der Waals surface area contributed by atoms with Crippen molar-refractivity contribution in [2.45, 2.75) is 39.8 Å². The topological polar surface area (TPSA) is 49.5 Å². The maximum atomic E-state index is 9.35. The van der Waals surface area contributed by atoms with Crippen LogP contribution < -0.4 is 5.73 Å². The van der Waals surface area contributed by atoms with Gasteiger partial charge in [-0.15, -0.1) is 0 Å². The van der Waals surface area contributed by atoms with E-state index in [0.717, 1.165) is 25.1 Å². The Labute approximate surface area is 97.9 Å². The molecule has 0 spiro atoms. The summed E-state index contributed by atoms with van der Waals surface area (Å²) in [6.45, 7) is 8.54. The van der Waals surface area contributed by atoms with Gasteiger partial charge in [0.15, 0.2) is 0 Å². The lowest BCUT2D eigenvalue weighted by molar-refractivity contribution is 0.213. The number of anilines is 1. The van der Waals surface area contributed by atoms with Crippen LogP contribution >= 0.6 is 0 Å². The van der Waals surface area contributed by atoms with Crippen LogP contribution in [0.3, 0.4) is 0 Å². The van der Waals surface area contributed by atoms with E-state index in [-0.39, 0.29) is 5.75 Å². The summed E-state index contributed by atoms with van der Waals surface area (Å²) in [5.41, 5.74) is 7.28. The predicted octanol–water partition coefficient (Wildman–Crippen LogP) is 2.59. The smallest absolute Gasteiger partial charge is 0.138 e. The SMILES string of the molecule is CCCN(Cc1ccc(O)c(N)c1)C(C)C. The van der Waals surface area contributed by atoms with Gasteiger partial charge in [0.1, 0.15) is 5.75 Å². The molecule has 0 heterocycles. The number of nitrogen functional groups attached to an aromatic ring is 1. The minimum Gasteiger partial charge on any atom is -0.506 e. The van der Waals surface area contributed by atoms with Crippen molar-refractivity contribution in [1.29, 1.82) is 0 Å². The summed E-state index contributed by atoms with van der Waals surface area (Å²) >= 11 is 0. The van der Waals surface area contributed by atoms with Crippen molar-refractivity contribution in [3.05, 3.63) is 23.8 Å². The van der Waals surface area contributed by atoms with Gasteiger partial charge in [-0.25, -0.2) is 0 Å². The first kappa shape index (κ1) is 12.8. The Balaban J connectivity index is 2.73. The van der Waals surface area contributed by atoms with Crippen molar-refractivity contribution in [3.63, 3.8) is 0 Å². The number of rotatable bonds is 5. The molecular formula is C13H22N2O. The van der Waals surface area contributed by atoms with Crippen LogP contribution in [0.25, 0.3) is 0 Å². The van der Waals surface area contributed by atoms with E-state index in [1.165, 1.54) is 0 Å². The molecule has 1 aromatic rings. The van der Waals surface area contributed by atoms with Gasteiger partial charge in [0, 0.05) is 12.6 Å². The average Bonchev–Trinajstić information content (AvgIpc) is 2.22. The third-order valence-electron chi connectivity index (χ3n) is 2.72. The molecule has 90 valence electrons. The number of phenolic OH excluding ortho intramolecular Hbond substituents is 1. The summed E-state index contributed by atoms with van der Waals surface area (Å²) in [6.07, 6.45) is 1.14. The average molecular weight is 222 g/mol. The Morgan fingerprint density at radius 1 is 1.38 bits per heavy atom. The van der Waals surface area contributed by atoms with Crippen LogP contribution in [0.1, 0.15) is 32.8 Å². The molecule has 0 aromatic heterocycles. The van der Waals surface area contributed by atoms with Crippen LogP contribution in [-0.4, -0.2) is 22.6 Å². The fraction of sp³-hybridized carbons (Fsp3) is 0.538. The fourth-order valence-corrected chi connectivity index (χ4v) is 1.74. The molecule has 0 fully saturated rings. The highest BCUT2D eigenvalue weighted by Gasteiger charge is 2.09. The second-order valence-corrected chi connectivity index (χ2v) is 4.46. The van der Waals surface area contributed by atoms with Crippen molar-refractivity contribution in [2.75, 3.05) is 12.3 Å². The van der Waals surface area contributed by atoms with Gasteiger partial charge in [0.05, 0.1) is 5.69 Å². The molecule has 0 aliphatic rings. The predicted molar refractivity (Wildman–Crippen MR) is 68.4 cm³/mol. The van der Waals surface area contributed by atoms with E-state index >= 15 is 0 Å². The second-order valence-electron chi connectivity index (χ2n) is 4.46. The highest BCUT2D eigenvalue weighted by molar-refractivity contribution is 5.53. The summed E-state index contributed by atoms with van der Waals surface area (Å²) in [5.74, 6) is 0.162. The van der Waals surface area contributed by atoms with Crippen LogP contribution in [-0.2, 0) is 6.54 Å². The van der Waals surface area contributed by atoms with Gasteiger partial charge in [-0.3, -0.25) is 4.90 Å². The Morgan fingerprint density at radius 2 is 2.06 bits per heavy atom. The van der Waals surface area contributed by atoms with Gasteiger partial charge >= 0.3 is 0 Å². The zero-order valence-electron chi connectivity index (χ0n) is 10.4. The van der Waals surface area contributed by atoms with Gasteiger partial charge in [-0.2, -0.15) is 0 Å². The third kappa shape index (κ3) is 3.42. The van der Waals surface area contributed by atoms with Gasteiger partial charge in [-0.05, 0) is 44.5 Å². The summed E-state index contributed by atoms with van der Waals surface area (Å²) in [5, 5.41) is 9.35. The Hall–Kier alpha value is -1.22. The normalized spacial score (nSPS) is 11.3. The summed E-state index contributed by atoms with van der Waals surface area (Å²) < 4.78 is 0. The van der Waals surface area contributed by atoms with Crippen LogP contribution in [0, 0.1) is 0 Å². The molecule has 3 heteroatoms. The molecule has 0 amide bonds. The molecule has 3 nitrogen and oxygen atoms in total. The number of hydrogen-bond acceptors (Lipinski definition) is 3. The fourth-order valence-electron chi connectivity index (χ4n) is 1.74. The van der Waals surface area contributed by atoms with Crippen LogP contribution in [0.4, 0.5) is 5.69 Å². The van der Waals surface area contributed by atoms with E-state index in [2.05, 4.69) is 25.7 Å².